The maximum absolute atomic E-state index is 12.4. The summed E-state index contributed by atoms with van der Waals surface area (Å²) in [7, 11) is 1.49. The Bertz CT molecular complexity index is 1090. The van der Waals surface area contributed by atoms with Gasteiger partial charge >= 0.3 is 5.97 Å². The molecule has 5 nitrogen and oxygen atoms in total. The minimum Gasteiger partial charge on any atom is -0.493 e. The lowest BCUT2D eigenvalue weighted by Gasteiger charge is -2.12. The summed E-state index contributed by atoms with van der Waals surface area (Å²) in [5.41, 5.74) is 2.92. The number of para-hydroxylation sites is 2. The van der Waals surface area contributed by atoms with E-state index in [1.807, 2.05) is 30.3 Å². The molecule has 0 saturated heterocycles. The van der Waals surface area contributed by atoms with Crippen LogP contribution in [0.15, 0.2) is 66.7 Å². The molecule has 1 aromatic heterocycles. The molecule has 134 valence electrons. The lowest BCUT2D eigenvalue weighted by molar-refractivity contribution is 0.0730. The first-order chi connectivity index (χ1) is 13.2. The van der Waals surface area contributed by atoms with Crippen LogP contribution in [0.1, 0.15) is 10.4 Å². The van der Waals surface area contributed by atoms with Crippen molar-refractivity contribution >= 4 is 28.6 Å². The van der Waals surface area contributed by atoms with E-state index in [0.29, 0.717) is 17.1 Å². The van der Waals surface area contributed by atoms with Crippen molar-refractivity contribution < 1.29 is 14.3 Å². The van der Waals surface area contributed by atoms with Gasteiger partial charge in [0.15, 0.2) is 11.5 Å². The highest BCUT2D eigenvalue weighted by Crippen LogP contribution is 2.39. The minimum atomic E-state index is -0.507. The molecule has 0 radical (unpaired) electrons. The molecule has 0 amide bonds. The van der Waals surface area contributed by atoms with Gasteiger partial charge in [0.05, 0.1) is 28.7 Å². The molecule has 4 aromatic rings. The van der Waals surface area contributed by atoms with Gasteiger partial charge in [-0.15, -0.1) is 0 Å². The van der Waals surface area contributed by atoms with E-state index in [-0.39, 0.29) is 10.8 Å². The van der Waals surface area contributed by atoms with Crippen molar-refractivity contribution in [2.24, 2.45) is 0 Å². The summed E-state index contributed by atoms with van der Waals surface area (Å²) in [6.07, 6.45) is 0. The number of carbonyl (C=O) groups is 1. The highest BCUT2D eigenvalue weighted by atomic mass is 35.5. The third-order valence-electron chi connectivity index (χ3n) is 4.10. The van der Waals surface area contributed by atoms with E-state index in [1.54, 1.807) is 36.4 Å². The third kappa shape index (κ3) is 3.37. The maximum Gasteiger partial charge on any atom is 0.343 e. The number of hydrogen-bond donors (Lipinski definition) is 1. The van der Waals surface area contributed by atoms with Crippen molar-refractivity contribution in [2.75, 3.05) is 7.11 Å². The van der Waals surface area contributed by atoms with Gasteiger partial charge in [0.25, 0.3) is 0 Å². The van der Waals surface area contributed by atoms with E-state index >= 15 is 0 Å². The van der Waals surface area contributed by atoms with Crippen molar-refractivity contribution in [1.29, 1.82) is 0 Å². The van der Waals surface area contributed by atoms with Crippen LogP contribution in [-0.4, -0.2) is 23.0 Å². The molecular weight excluding hydrogens is 364 g/mol. The first-order valence-corrected chi connectivity index (χ1v) is 8.63. The smallest absolute Gasteiger partial charge is 0.343 e. The van der Waals surface area contributed by atoms with Crippen LogP contribution in [0.2, 0.25) is 5.02 Å². The number of nitrogens with one attached hydrogen (secondary N) is 1. The fourth-order valence-corrected chi connectivity index (χ4v) is 3.02. The number of rotatable bonds is 4. The van der Waals surface area contributed by atoms with Gasteiger partial charge < -0.3 is 14.5 Å². The number of halogens is 1. The van der Waals surface area contributed by atoms with Crippen molar-refractivity contribution in [3.8, 4) is 22.9 Å². The quantitative estimate of drug-likeness (QED) is 0.396. The van der Waals surface area contributed by atoms with Crippen LogP contribution in [-0.2, 0) is 0 Å². The predicted molar refractivity (Wildman–Crippen MR) is 104 cm³/mol. The molecule has 1 N–H and O–H groups in total. The summed E-state index contributed by atoms with van der Waals surface area (Å²) in [5, 5.41) is 0.258. The van der Waals surface area contributed by atoms with Crippen LogP contribution in [0.4, 0.5) is 0 Å². The van der Waals surface area contributed by atoms with Crippen LogP contribution < -0.4 is 9.47 Å². The molecule has 0 fully saturated rings. The van der Waals surface area contributed by atoms with E-state index < -0.39 is 5.97 Å². The van der Waals surface area contributed by atoms with Gasteiger partial charge in [0, 0.05) is 5.56 Å². The fraction of sp³-hybridized carbons (Fsp3) is 0.0476. The molecule has 0 atom stereocenters. The second kappa shape index (κ2) is 7.13. The number of benzene rings is 3. The molecule has 6 heteroatoms. The summed E-state index contributed by atoms with van der Waals surface area (Å²) >= 11 is 6.39. The van der Waals surface area contributed by atoms with Gasteiger partial charge in [-0.1, -0.05) is 41.9 Å². The van der Waals surface area contributed by atoms with Gasteiger partial charge in [0.1, 0.15) is 5.82 Å². The molecule has 3 aromatic carbocycles. The fourth-order valence-electron chi connectivity index (χ4n) is 2.77. The number of aromatic amines is 1. The molecular formula is C21H15ClN2O3. The van der Waals surface area contributed by atoms with Crippen LogP contribution in [0.3, 0.4) is 0 Å². The van der Waals surface area contributed by atoms with Gasteiger partial charge in [-0.3, -0.25) is 0 Å². The number of methoxy groups -OCH3 is 1. The lowest BCUT2D eigenvalue weighted by Crippen LogP contribution is -2.09. The molecule has 0 saturated carbocycles. The van der Waals surface area contributed by atoms with Crippen molar-refractivity contribution in [3.63, 3.8) is 0 Å². The number of hydrogen-bond acceptors (Lipinski definition) is 4. The number of aromatic nitrogens is 2. The summed E-state index contributed by atoms with van der Waals surface area (Å²) in [5.74, 6) is 0.666. The standard InChI is InChI=1S/C21H15ClN2O3/c1-26-18-12-14(20-23-16-9-5-6-10-17(16)24-20)11-15(22)19(18)27-21(25)13-7-3-2-4-8-13/h2-12H,1H3,(H,23,24). The lowest BCUT2D eigenvalue weighted by atomic mass is 10.2. The highest BCUT2D eigenvalue weighted by molar-refractivity contribution is 6.32. The molecule has 1 heterocycles. The first-order valence-electron chi connectivity index (χ1n) is 8.25. The SMILES string of the molecule is COc1cc(-c2nc3ccccc3[nH]2)cc(Cl)c1OC(=O)c1ccccc1. The summed E-state index contributed by atoms with van der Waals surface area (Å²) in [4.78, 5) is 20.2. The Balaban J connectivity index is 1.71. The summed E-state index contributed by atoms with van der Waals surface area (Å²) < 4.78 is 10.9. The molecule has 0 spiro atoms. The number of imidazole rings is 1. The first kappa shape index (κ1) is 17.1. The zero-order valence-corrected chi connectivity index (χ0v) is 15.2. The summed E-state index contributed by atoms with van der Waals surface area (Å²) in [6.45, 7) is 0. The molecule has 27 heavy (non-hydrogen) atoms. The predicted octanol–water partition coefficient (Wildman–Crippen LogP) is 5.11. The van der Waals surface area contributed by atoms with Crippen LogP contribution in [0.5, 0.6) is 11.5 Å². The van der Waals surface area contributed by atoms with Gasteiger partial charge in [-0.05, 0) is 36.4 Å². The second-order valence-corrected chi connectivity index (χ2v) is 6.25. The molecule has 0 aliphatic rings. The number of H-pyrrole nitrogens is 1. The number of carbonyl (C=O) groups excluding carboxylic acids is 1. The van der Waals surface area contributed by atoms with E-state index in [9.17, 15) is 4.79 Å². The topological polar surface area (TPSA) is 64.2 Å². The van der Waals surface area contributed by atoms with Crippen LogP contribution >= 0.6 is 11.6 Å². The third-order valence-corrected chi connectivity index (χ3v) is 4.38. The van der Waals surface area contributed by atoms with Crippen LogP contribution in [0.25, 0.3) is 22.4 Å². The Hall–Kier alpha value is -3.31. The second-order valence-electron chi connectivity index (χ2n) is 5.85. The molecule has 0 aliphatic heterocycles. The van der Waals surface area contributed by atoms with Gasteiger partial charge in [0.2, 0.25) is 0 Å². The number of ether oxygens (including phenoxy) is 2. The normalized spacial score (nSPS) is 10.7. The number of fused-ring (bicyclic) bond motifs is 1. The molecule has 0 unspecified atom stereocenters. The van der Waals surface area contributed by atoms with Crippen molar-refractivity contribution in [2.45, 2.75) is 0 Å². The Morgan fingerprint density at radius 3 is 2.52 bits per heavy atom. The van der Waals surface area contributed by atoms with E-state index in [1.165, 1.54) is 7.11 Å². The Morgan fingerprint density at radius 1 is 1.04 bits per heavy atom. The molecule has 0 aliphatic carbocycles. The Kier molecular flexibility index (Phi) is 4.52. The summed E-state index contributed by atoms with van der Waals surface area (Å²) in [6, 6.07) is 19.8. The maximum atomic E-state index is 12.4. The minimum absolute atomic E-state index is 0.174. The number of nitrogens with zero attached hydrogens (tertiary/aromatic N) is 1. The van der Waals surface area contributed by atoms with E-state index in [2.05, 4.69) is 9.97 Å². The average Bonchev–Trinajstić information content (AvgIpc) is 3.14. The highest BCUT2D eigenvalue weighted by Gasteiger charge is 2.18. The molecule has 4 rings (SSSR count). The van der Waals surface area contributed by atoms with Gasteiger partial charge in [-0.25, -0.2) is 9.78 Å². The Morgan fingerprint density at radius 2 is 1.78 bits per heavy atom. The monoisotopic (exact) mass is 378 g/mol. The van der Waals surface area contributed by atoms with E-state index in [0.717, 1.165) is 16.6 Å². The molecule has 0 bridgehead atoms. The van der Waals surface area contributed by atoms with E-state index in [4.69, 9.17) is 21.1 Å². The zero-order valence-electron chi connectivity index (χ0n) is 14.4. The average molecular weight is 379 g/mol. The largest absolute Gasteiger partial charge is 0.493 e. The van der Waals surface area contributed by atoms with Crippen molar-refractivity contribution in [3.05, 3.63) is 77.3 Å². The van der Waals surface area contributed by atoms with Gasteiger partial charge in [-0.2, -0.15) is 0 Å². The van der Waals surface area contributed by atoms with Crippen molar-refractivity contribution in [1.82, 2.24) is 9.97 Å². The zero-order chi connectivity index (χ0) is 18.8. The van der Waals surface area contributed by atoms with Crippen LogP contribution in [0, 0.1) is 0 Å². The number of esters is 1. The Labute approximate surface area is 160 Å².